The lowest BCUT2D eigenvalue weighted by atomic mass is 10.2. The highest BCUT2D eigenvalue weighted by Gasteiger charge is 2.16. The van der Waals surface area contributed by atoms with Gasteiger partial charge in [-0.05, 0) is 31.4 Å². The lowest BCUT2D eigenvalue weighted by molar-refractivity contribution is -0.384. The van der Waals surface area contributed by atoms with E-state index in [4.69, 9.17) is 0 Å². The number of nitro groups is 1. The standard InChI is InChI=1S/C19H20N4O5S/c1-3-4-5-13-9-14-17(29-13)21-19(26)22(18(14)25)10-16(24)20-15-8-12(23(27)28)7-6-11(15)2/h6-9H,3-5,10H2,1-2H3,(H,20,24)(H,21,26). The molecule has 9 nitrogen and oxygen atoms in total. The van der Waals surface area contributed by atoms with Crippen LogP contribution in [0.3, 0.4) is 0 Å². The molecule has 0 fully saturated rings. The van der Waals surface area contributed by atoms with Gasteiger partial charge in [-0.1, -0.05) is 19.4 Å². The first-order chi connectivity index (χ1) is 13.8. The van der Waals surface area contributed by atoms with E-state index in [9.17, 15) is 24.5 Å². The predicted molar refractivity (Wildman–Crippen MR) is 112 cm³/mol. The third kappa shape index (κ3) is 4.43. The fourth-order valence-corrected chi connectivity index (χ4v) is 3.99. The van der Waals surface area contributed by atoms with Crippen molar-refractivity contribution in [2.24, 2.45) is 0 Å². The molecule has 0 saturated carbocycles. The maximum Gasteiger partial charge on any atom is 0.329 e. The van der Waals surface area contributed by atoms with Crippen molar-refractivity contribution in [2.45, 2.75) is 39.7 Å². The van der Waals surface area contributed by atoms with Crippen molar-refractivity contribution in [3.63, 3.8) is 0 Å². The molecule has 0 aliphatic carbocycles. The molecular formula is C19H20N4O5S. The van der Waals surface area contributed by atoms with Crippen molar-refractivity contribution in [1.82, 2.24) is 9.55 Å². The number of hydrogen-bond donors (Lipinski definition) is 2. The quantitative estimate of drug-likeness (QED) is 0.452. The highest BCUT2D eigenvalue weighted by molar-refractivity contribution is 7.18. The molecule has 2 aromatic heterocycles. The SMILES string of the molecule is CCCCc1cc2c(=O)n(CC(=O)Nc3cc([N+](=O)[O-])ccc3C)c(=O)[nH]c2s1. The van der Waals surface area contributed by atoms with Crippen molar-refractivity contribution in [2.75, 3.05) is 5.32 Å². The van der Waals surface area contributed by atoms with E-state index >= 15 is 0 Å². The Labute approximate surface area is 169 Å². The molecule has 3 rings (SSSR count). The van der Waals surface area contributed by atoms with Crippen LogP contribution in [0.25, 0.3) is 10.2 Å². The van der Waals surface area contributed by atoms with Gasteiger partial charge in [0.05, 0.1) is 16.0 Å². The maximum absolute atomic E-state index is 12.7. The molecule has 10 heteroatoms. The molecule has 0 bridgehead atoms. The second-order valence-corrected chi connectivity index (χ2v) is 7.82. The topological polar surface area (TPSA) is 127 Å². The number of aryl methyl sites for hydroxylation is 2. The van der Waals surface area contributed by atoms with Crippen molar-refractivity contribution < 1.29 is 9.72 Å². The third-order valence-corrected chi connectivity index (χ3v) is 5.62. The van der Waals surface area contributed by atoms with Crippen LogP contribution in [0.1, 0.15) is 30.2 Å². The Hall–Kier alpha value is -3.27. The summed E-state index contributed by atoms with van der Waals surface area (Å²) in [5.74, 6) is -0.623. The van der Waals surface area contributed by atoms with Crippen LogP contribution >= 0.6 is 11.3 Å². The molecule has 1 amide bonds. The number of fused-ring (bicyclic) bond motifs is 1. The maximum atomic E-state index is 12.7. The zero-order chi connectivity index (χ0) is 21.1. The van der Waals surface area contributed by atoms with Crippen LogP contribution in [0, 0.1) is 17.0 Å². The molecule has 2 heterocycles. The first-order valence-electron chi connectivity index (χ1n) is 9.10. The Morgan fingerprint density at radius 3 is 2.76 bits per heavy atom. The summed E-state index contributed by atoms with van der Waals surface area (Å²) >= 11 is 1.37. The summed E-state index contributed by atoms with van der Waals surface area (Å²) in [6.45, 7) is 3.27. The number of nitro benzene ring substituents is 1. The van der Waals surface area contributed by atoms with Crippen molar-refractivity contribution in [3.8, 4) is 0 Å². The summed E-state index contributed by atoms with van der Waals surface area (Å²) in [6.07, 6.45) is 2.83. The number of hydrogen-bond acceptors (Lipinski definition) is 6. The fraction of sp³-hybridized carbons (Fsp3) is 0.316. The van der Waals surface area contributed by atoms with Crippen LogP contribution in [0.15, 0.2) is 33.9 Å². The number of nitrogens with zero attached hydrogens (tertiary/aromatic N) is 2. The molecule has 0 atom stereocenters. The fourth-order valence-electron chi connectivity index (χ4n) is 2.91. The van der Waals surface area contributed by atoms with Gasteiger partial charge < -0.3 is 5.32 Å². The van der Waals surface area contributed by atoms with Gasteiger partial charge in [0.15, 0.2) is 0 Å². The number of rotatable bonds is 7. The van der Waals surface area contributed by atoms with Gasteiger partial charge in [-0.3, -0.25) is 29.3 Å². The van der Waals surface area contributed by atoms with E-state index < -0.39 is 28.6 Å². The van der Waals surface area contributed by atoms with E-state index in [2.05, 4.69) is 17.2 Å². The van der Waals surface area contributed by atoms with Crippen molar-refractivity contribution >= 4 is 38.8 Å². The zero-order valence-electron chi connectivity index (χ0n) is 16.0. The van der Waals surface area contributed by atoms with E-state index in [-0.39, 0.29) is 11.4 Å². The lowest BCUT2D eigenvalue weighted by Gasteiger charge is -2.09. The van der Waals surface area contributed by atoms with Gasteiger partial charge in [0.25, 0.3) is 11.2 Å². The normalized spacial score (nSPS) is 11.0. The lowest BCUT2D eigenvalue weighted by Crippen LogP contribution is -2.38. The molecule has 29 heavy (non-hydrogen) atoms. The number of anilines is 1. The minimum Gasteiger partial charge on any atom is -0.324 e. The first-order valence-corrected chi connectivity index (χ1v) is 9.92. The Kier molecular flexibility index (Phi) is 5.92. The van der Waals surface area contributed by atoms with Crippen LogP contribution in [0.2, 0.25) is 0 Å². The molecule has 1 aromatic carbocycles. The Balaban J connectivity index is 1.87. The molecule has 0 aliphatic heterocycles. The van der Waals surface area contributed by atoms with E-state index in [1.54, 1.807) is 13.0 Å². The largest absolute Gasteiger partial charge is 0.329 e. The average Bonchev–Trinajstić information content (AvgIpc) is 3.08. The minimum absolute atomic E-state index is 0.166. The molecule has 0 spiro atoms. The Bertz CT molecular complexity index is 1210. The number of aromatic amines is 1. The molecule has 0 unspecified atom stereocenters. The highest BCUT2D eigenvalue weighted by Crippen LogP contribution is 2.23. The second kappa shape index (κ2) is 8.39. The monoisotopic (exact) mass is 416 g/mol. The average molecular weight is 416 g/mol. The van der Waals surface area contributed by atoms with E-state index in [0.29, 0.717) is 15.8 Å². The number of amides is 1. The Morgan fingerprint density at radius 1 is 1.31 bits per heavy atom. The summed E-state index contributed by atoms with van der Waals surface area (Å²) in [7, 11) is 0. The number of unbranched alkanes of at least 4 members (excludes halogenated alkanes) is 1. The van der Waals surface area contributed by atoms with Gasteiger partial charge in [0.1, 0.15) is 11.4 Å². The van der Waals surface area contributed by atoms with Crippen molar-refractivity contribution in [3.05, 3.63) is 65.7 Å². The van der Waals surface area contributed by atoms with Gasteiger partial charge in [-0.2, -0.15) is 0 Å². The summed E-state index contributed by atoms with van der Waals surface area (Å²) < 4.78 is 0.834. The van der Waals surface area contributed by atoms with Crippen LogP contribution in [-0.4, -0.2) is 20.4 Å². The number of benzene rings is 1. The van der Waals surface area contributed by atoms with Crippen molar-refractivity contribution in [1.29, 1.82) is 0 Å². The molecule has 0 saturated heterocycles. The number of nitrogens with one attached hydrogen (secondary N) is 2. The van der Waals surface area contributed by atoms with Gasteiger partial charge in [0, 0.05) is 17.0 Å². The molecule has 152 valence electrons. The predicted octanol–water partition coefficient (Wildman–Crippen LogP) is 2.95. The van der Waals surface area contributed by atoms with Gasteiger partial charge in [-0.25, -0.2) is 4.79 Å². The third-order valence-electron chi connectivity index (χ3n) is 4.51. The second-order valence-electron chi connectivity index (χ2n) is 6.69. The molecule has 3 aromatic rings. The summed E-state index contributed by atoms with van der Waals surface area (Å²) in [4.78, 5) is 52.0. The first kappa shape index (κ1) is 20.5. The van der Waals surface area contributed by atoms with Gasteiger partial charge >= 0.3 is 5.69 Å². The molecule has 0 aliphatic rings. The number of carbonyl (C=O) groups is 1. The minimum atomic E-state index is -0.669. The summed E-state index contributed by atoms with van der Waals surface area (Å²) in [5, 5.41) is 13.8. The smallest absolute Gasteiger partial charge is 0.324 e. The highest BCUT2D eigenvalue weighted by atomic mass is 32.1. The van der Waals surface area contributed by atoms with E-state index in [0.717, 1.165) is 28.7 Å². The molecule has 0 radical (unpaired) electrons. The molecule has 2 N–H and O–H groups in total. The van der Waals surface area contributed by atoms with Crippen LogP contribution in [0.5, 0.6) is 0 Å². The number of non-ortho nitro benzene ring substituents is 1. The number of H-pyrrole nitrogens is 1. The van der Waals surface area contributed by atoms with E-state index in [1.807, 2.05) is 0 Å². The summed E-state index contributed by atoms with van der Waals surface area (Å²) in [6, 6.07) is 5.85. The van der Waals surface area contributed by atoms with Crippen LogP contribution in [-0.2, 0) is 17.8 Å². The zero-order valence-corrected chi connectivity index (χ0v) is 16.8. The van der Waals surface area contributed by atoms with Crippen LogP contribution in [0.4, 0.5) is 11.4 Å². The Morgan fingerprint density at radius 2 is 2.07 bits per heavy atom. The number of aromatic nitrogens is 2. The van der Waals surface area contributed by atoms with Crippen LogP contribution < -0.4 is 16.6 Å². The number of carbonyl (C=O) groups excluding carboxylic acids is 1. The summed E-state index contributed by atoms with van der Waals surface area (Å²) in [5.41, 5.74) is -0.489. The van der Waals surface area contributed by atoms with Gasteiger partial charge in [0.2, 0.25) is 5.91 Å². The van der Waals surface area contributed by atoms with Gasteiger partial charge in [-0.15, -0.1) is 11.3 Å². The van der Waals surface area contributed by atoms with E-state index in [1.165, 1.54) is 29.5 Å². The number of thiophene rings is 1. The molecular weight excluding hydrogens is 396 g/mol.